The molecule has 1 aliphatic carbocycles. The number of nitrogens with one attached hydrogen (secondary N) is 1. The molecular weight excluding hydrogens is 441 g/mol. The van der Waals surface area contributed by atoms with E-state index in [0.717, 1.165) is 24.2 Å². The van der Waals surface area contributed by atoms with Gasteiger partial charge < -0.3 is 14.8 Å². The Bertz CT molecular complexity index is 1040. The van der Waals surface area contributed by atoms with Gasteiger partial charge >= 0.3 is 6.18 Å². The number of ether oxygens (including phenoxy) is 2. The molecule has 0 unspecified atom stereocenters. The van der Waals surface area contributed by atoms with Crippen LogP contribution < -0.4 is 14.8 Å². The van der Waals surface area contributed by atoms with E-state index in [2.05, 4.69) is 29.5 Å². The molecule has 0 radical (unpaired) electrons. The lowest BCUT2D eigenvalue weighted by Gasteiger charge is -2.24. The molecule has 34 heavy (non-hydrogen) atoms. The van der Waals surface area contributed by atoms with Crippen molar-refractivity contribution in [3.63, 3.8) is 0 Å². The van der Waals surface area contributed by atoms with Crippen LogP contribution in [0.2, 0.25) is 0 Å². The lowest BCUT2D eigenvalue weighted by Crippen LogP contribution is -2.18. The molecule has 1 aromatic heterocycles. The lowest BCUT2D eigenvalue weighted by molar-refractivity contribution is -0.137. The first-order valence-corrected chi connectivity index (χ1v) is 11.8. The lowest BCUT2D eigenvalue weighted by atomic mass is 9.86. The second-order valence-corrected chi connectivity index (χ2v) is 9.06. The van der Waals surface area contributed by atoms with E-state index < -0.39 is 11.7 Å². The standard InChI is InChI=1S/C27H31F3N2O2/c1-18-8-13-25(19-6-4-3-5-7-19)32-16-24(18)23-12-11-22(14-26(23)33-2)34-17-21-10-9-20(15-31-21)27(28,29)30/h9-16,18-19,32H,3-8,17H2,1-2H3/t18-/m1/s1. The van der Waals surface area contributed by atoms with Gasteiger partial charge in [-0.2, -0.15) is 13.2 Å². The summed E-state index contributed by atoms with van der Waals surface area (Å²) in [5.41, 5.74) is 3.16. The van der Waals surface area contributed by atoms with Crippen molar-refractivity contribution in [2.45, 2.75) is 58.2 Å². The van der Waals surface area contributed by atoms with Crippen LogP contribution in [0.1, 0.15) is 62.3 Å². The summed E-state index contributed by atoms with van der Waals surface area (Å²) in [7, 11) is 1.63. The van der Waals surface area contributed by atoms with Crippen LogP contribution in [0.15, 0.2) is 54.5 Å². The maximum absolute atomic E-state index is 12.7. The molecule has 1 atom stereocenters. The Morgan fingerprint density at radius 3 is 2.56 bits per heavy atom. The van der Waals surface area contributed by atoms with Gasteiger partial charge in [-0.05, 0) is 60.9 Å². The van der Waals surface area contributed by atoms with Crippen LogP contribution in [-0.2, 0) is 12.8 Å². The molecule has 4 nitrogen and oxygen atoms in total. The molecule has 4 rings (SSSR count). The molecule has 0 bridgehead atoms. The Kier molecular flexibility index (Phi) is 7.49. The first kappa shape index (κ1) is 24.2. The Hall–Kier alpha value is -2.96. The molecular formula is C27H31F3N2O2. The minimum absolute atomic E-state index is 0.0654. The van der Waals surface area contributed by atoms with Gasteiger partial charge in [0.1, 0.15) is 18.1 Å². The predicted molar refractivity (Wildman–Crippen MR) is 126 cm³/mol. The average Bonchev–Trinajstić information content (AvgIpc) is 3.04. The monoisotopic (exact) mass is 472 g/mol. The van der Waals surface area contributed by atoms with E-state index in [-0.39, 0.29) is 6.61 Å². The summed E-state index contributed by atoms with van der Waals surface area (Å²) in [5, 5.41) is 3.58. The van der Waals surface area contributed by atoms with E-state index in [1.807, 2.05) is 18.2 Å². The number of rotatable bonds is 6. The number of hydrogen-bond acceptors (Lipinski definition) is 4. The number of nitrogens with zero attached hydrogens (tertiary/aromatic N) is 1. The van der Waals surface area contributed by atoms with E-state index in [4.69, 9.17) is 9.47 Å². The third kappa shape index (κ3) is 5.75. The molecule has 1 aliphatic heterocycles. The summed E-state index contributed by atoms with van der Waals surface area (Å²) in [6.45, 7) is 2.28. The average molecular weight is 473 g/mol. The number of allylic oxidation sites excluding steroid dienone is 3. The van der Waals surface area contributed by atoms with Gasteiger partial charge in [0.2, 0.25) is 0 Å². The maximum Gasteiger partial charge on any atom is 0.417 e. The highest BCUT2D eigenvalue weighted by Crippen LogP contribution is 2.38. The number of benzene rings is 1. The molecule has 2 aromatic rings. The van der Waals surface area contributed by atoms with Gasteiger partial charge in [-0.3, -0.25) is 4.98 Å². The summed E-state index contributed by atoms with van der Waals surface area (Å²) in [6, 6.07) is 7.99. The summed E-state index contributed by atoms with van der Waals surface area (Å²) in [4.78, 5) is 3.86. The normalized spacial score (nSPS) is 19.5. The molecule has 2 heterocycles. The number of aromatic nitrogens is 1. The van der Waals surface area contributed by atoms with Crippen LogP contribution in [0.4, 0.5) is 13.2 Å². The molecule has 182 valence electrons. The maximum atomic E-state index is 12.7. The number of methoxy groups -OCH3 is 1. The molecule has 1 N–H and O–H groups in total. The highest BCUT2D eigenvalue weighted by Gasteiger charge is 2.30. The second-order valence-electron chi connectivity index (χ2n) is 9.06. The van der Waals surface area contributed by atoms with Gasteiger partial charge in [0.25, 0.3) is 0 Å². The van der Waals surface area contributed by atoms with Crippen molar-refractivity contribution in [3.05, 3.63) is 71.3 Å². The molecule has 2 aliphatic rings. The number of hydrogen-bond donors (Lipinski definition) is 1. The Balaban J connectivity index is 1.46. The predicted octanol–water partition coefficient (Wildman–Crippen LogP) is 7.12. The molecule has 1 fully saturated rings. The van der Waals surface area contributed by atoms with Crippen LogP contribution in [0, 0.1) is 11.8 Å². The summed E-state index contributed by atoms with van der Waals surface area (Å²) >= 11 is 0. The van der Waals surface area contributed by atoms with Gasteiger partial charge in [-0.25, -0.2) is 0 Å². The first-order valence-electron chi connectivity index (χ1n) is 11.8. The zero-order valence-electron chi connectivity index (χ0n) is 19.6. The molecule has 7 heteroatoms. The van der Waals surface area contributed by atoms with Crippen molar-refractivity contribution in [2.75, 3.05) is 7.11 Å². The van der Waals surface area contributed by atoms with Crippen molar-refractivity contribution in [1.82, 2.24) is 10.3 Å². The Morgan fingerprint density at radius 2 is 1.88 bits per heavy atom. The molecule has 0 amide bonds. The van der Waals surface area contributed by atoms with Gasteiger partial charge in [0, 0.05) is 29.7 Å². The van der Waals surface area contributed by atoms with Crippen LogP contribution in [0.5, 0.6) is 11.5 Å². The zero-order valence-corrected chi connectivity index (χ0v) is 19.6. The van der Waals surface area contributed by atoms with Gasteiger partial charge in [0.15, 0.2) is 0 Å². The molecule has 1 saturated carbocycles. The number of pyridine rings is 1. The van der Waals surface area contributed by atoms with E-state index in [0.29, 0.717) is 29.0 Å². The van der Waals surface area contributed by atoms with Gasteiger partial charge in [0.05, 0.1) is 18.4 Å². The second kappa shape index (κ2) is 10.5. The van der Waals surface area contributed by atoms with Crippen molar-refractivity contribution in [3.8, 4) is 11.5 Å². The summed E-state index contributed by atoms with van der Waals surface area (Å²) in [5.74, 6) is 2.20. The van der Waals surface area contributed by atoms with Gasteiger partial charge in [-0.15, -0.1) is 0 Å². The molecule has 0 saturated heterocycles. The number of alkyl halides is 3. The first-order chi connectivity index (χ1) is 16.3. The van der Waals surface area contributed by atoms with E-state index in [1.165, 1.54) is 49.4 Å². The summed E-state index contributed by atoms with van der Waals surface area (Å²) < 4.78 is 49.6. The van der Waals surface area contributed by atoms with Crippen LogP contribution in [-0.4, -0.2) is 12.1 Å². The quantitative estimate of drug-likeness (QED) is 0.486. The molecule has 1 aromatic carbocycles. The minimum Gasteiger partial charge on any atom is -0.496 e. The third-order valence-corrected chi connectivity index (χ3v) is 6.68. The van der Waals surface area contributed by atoms with Crippen LogP contribution in [0.25, 0.3) is 5.57 Å². The fourth-order valence-corrected chi connectivity index (χ4v) is 4.67. The Labute approximate surface area is 198 Å². The highest BCUT2D eigenvalue weighted by molar-refractivity contribution is 5.73. The smallest absolute Gasteiger partial charge is 0.417 e. The van der Waals surface area contributed by atoms with E-state index >= 15 is 0 Å². The van der Waals surface area contributed by atoms with E-state index in [9.17, 15) is 13.2 Å². The van der Waals surface area contributed by atoms with Crippen LogP contribution in [0.3, 0.4) is 0 Å². The SMILES string of the molecule is COc1cc(OCc2ccc(C(F)(F)F)cn2)ccc1C1=CNC(C2CCCCC2)=CC[C@H]1C. The summed E-state index contributed by atoms with van der Waals surface area (Å²) in [6.07, 6.45) is 8.28. The fourth-order valence-electron chi connectivity index (χ4n) is 4.67. The van der Waals surface area contributed by atoms with Crippen LogP contribution >= 0.6 is 0 Å². The number of halogens is 3. The van der Waals surface area contributed by atoms with E-state index in [1.54, 1.807) is 7.11 Å². The highest BCUT2D eigenvalue weighted by atomic mass is 19.4. The fraction of sp³-hybridized carbons (Fsp3) is 0.444. The van der Waals surface area contributed by atoms with Gasteiger partial charge in [-0.1, -0.05) is 32.3 Å². The van der Waals surface area contributed by atoms with Crippen molar-refractivity contribution < 1.29 is 22.6 Å². The zero-order chi connectivity index (χ0) is 24.1. The van der Waals surface area contributed by atoms with Crippen molar-refractivity contribution in [1.29, 1.82) is 0 Å². The minimum atomic E-state index is -4.40. The Morgan fingerprint density at radius 1 is 1.09 bits per heavy atom. The van der Waals surface area contributed by atoms with Crippen molar-refractivity contribution in [2.24, 2.45) is 11.8 Å². The largest absolute Gasteiger partial charge is 0.496 e. The van der Waals surface area contributed by atoms with Crippen molar-refractivity contribution >= 4 is 5.57 Å². The topological polar surface area (TPSA) is 43.4 Å². The third-order valence-electron chi connectivity index (χ3n) is 6.68. The molecule has 0 spiro atoms.